The Labute approximate surface area is 145 Å². The quantitative estimate of drug-likeness (QED) is 0.870. The van der Waals surface area contributed by atoms with Gasteiger partial charge in [-0.25, -0.2) is 4.39 Å². The van der Waals surface area contributed by atoms with Crippen LogP contribution in [0.15, 0.2) is 42.5 Å². The Kier molecular flexibility index (Phi) is 5.99. The summed E-state index contributed by atoms with van der Waals surface area (Å²) >= 11 is 5.89. The molecule has 1 heterocycles. The molecule has 2 aromatic rings. The Bertz CT molecular complexity index is 685. The van der Waals surface area contributed by atoms with Crippen molar-refractivity contribution in [1.29, 1.82) is 0 Å². The van der Waals surface area contributed by atoms with Crippen LogP contribution >= 0.6 is 24.0 Å². The van der Waals surface area contributed by atoms with Crippen LogP contribution in [0.1, 0.15) is 6.42 Å². The van der Waals surface area contributed by atoms with E-state index in [2.05, 4.69) is 10.6 Å². The normalized spacial score (nSPS) is 16.7. The van der Waals surface area contributed by atoms with Gasteiger partial charge in [0.15, 0.2) is 0 Å². The fraction of sp³-hybridized carbons (Fsp3) is 0.235. The van der Waals surface area contributed by atoms with E-state index in [1.807, 2.05) is 12.1 Å². The third-order valence-electron chi connectivity index (χ3n) is 3.83. The monoisotopic (exact) mass is 354 g/mol. The molecule has 1 saturated heterocycles. The van der Waals surface area contributed by atoms with E-state index in [9.17, 15) is 9.18 Å². The summed E-state index contributed by atoms with van der Waals surface area (Å²) in [6.45, 7) is 1.54. The number of nitrogens with one attached hydrogen (secondary N) is 2. The first kappa shape index (κ1) is 17.7. The maximum atomic E-state index is 13.6. The van der Waals surface area contributed by atoms with Gasteiger partial charge in [-0.1, -0.05) is 23.7 Å². The number of hydrogen-bond donors (Lipinski definition) is 2. The fourth-order valence-corrected chi connectivity index (χ4v) is 2.73. The van der Waals surface area contributed by atoms with E-state index >= 15 is 0 Å². The van der Waals surface area contributed by atoms with E-state index in [0.717, 1.165) is 18.5 Å². The van der Waals surface area contributed by atoms with Crippen molar-refractivity contribution in [3.8, 4) is 11.1 Å². The first-order valence-electron chi connectivity index (χ1n) is 7.20. The van der Waals surface area contributed by atoms with Crippen LogP contribution in [0.3, 0.4) is 0 Å². The highest BCUT2D eigenvalue weighted by Crippen LogP contribution is 2.30. The fourth-order valence-electron chi connectivity index (χ4n) is 2.61. The lowest BCUT2D eigenvalue weighted by Crippen LogP contribution is -2.24. The molecule has 0 radical (unpaired) electrons. The van der Waals surface area contributed by atoms with Crippen LogP contribution in [-0.4, -0.2) is 19.0 Å². The van der Waals surface area contributed by atoms with Gasteiger partial charge in [0.05, 0.1) is 5.92 Å². The lowest BCUT2D eigenvalue weighted by molar-refractivity contribution is -0.119. The van der Waals surface area contributed by atoms with Crippen molar-refractivity contribution in [1.82, 2.24) is 5.32 Å². The molecule has 1 unspecified atom stereocenters. The van der Waals surface area contributed by atoms with Crippen molar-refractivity contribution in [3.05, 3.63) is 53.3 Å². The lowest BCUT2D eigenvalue weighted by atomic mass is 10.0. The van der Waals surface area contributed by atoms with Gasteiger partial charge >= 0.3 is 0 Å². The second-order valence-electron chi connectivity index (χ2n) is 5.38. The summed E-state index contributed by atoms with van der Waals surface area (Å²) in [5.41, 5.74) is 2.07. The number of carbonyl (C=O) groups excluding carboxylic acids is 1. The molecule has 1 aliphatic heterocycles. The number of hydrogen-bond acceptors (Lipinski definition) is 2. The summed E-state index contributed by atoms with van der Waals surface area (Å²) < 4.78 is 13.6. The maximum Gasteiger partial charge on any atom is 0.228 e. The number of rotatable bonds is 3. The molecule has 0 aliphatic carbocycles. The van der Waals surface area contributed by atoms with E-state index in [-0.39, 0.29) is 30.0 Å². The minimum atomic E-state index is -0.342. The Morgan fingerprint density at radius 1 is 1.22 bits per heavy atom. The summed E-state index contributed by atoms with van der Waals surface area (Å²) in [5, 5.41) is 6.69. The van der Waals surface area contributed by atoms with Gasteiger partial charge in [-0.05, 0) is 48.9 Å². The summed E-state index contributed by atoms with van der Waals surface area (Å²) in [5.74, 6) is -0.416. The molecular weight excluding hydrogens is 338 g/mol. The highest BCUT2D eigenvalue weighted by atomic mass is 35.5. The lowest BCUT2D eigenvalue weighted by Gasteiger charge is -2.14. The Hall–Kier alpha value is -1.62. The van der Waals surface area contributed by atoms with Crippen molar-refractivity contribution in [3.63, 3.8) is 0 Å². The zero-order valence-electron chi connectivity index (χ0n) is 12.3. The van der Waals surface area contributed by atoms with Crippen LogP contribution < -0.4 is 10.6 Å². The van der Waals surface area contributed by atoms with Crippen LogP contribution in [0.5, 0.6) is 0 Å². The van der Waals surface area contributed by atoms with E-state index in [1.54, 1.807) is 18.2 Å². The second-order valence-corrected chi connectivity index (χ2v) is 5.81. The molecule has 1 fully saturated rings. The average Bonchev–Trinajstić information content (AvgIpc) is 3.04. The van der Waals surface area contributed by atoms with Crippen LogP contribution in [-0.2, 0) is 4.79 Å². The highest BCUT2D eigenvalue weighted by Gasteiger charge is 2.23. The van der Waals surface area contributed by atoms with E-state index in [1.165, 1.54) is 12.1 Å². The number of benzene rings is 2. The van der Waals surface area contributed by atoms with Gasteiger partial charge in [0.25, 0.3) is 0 Å². The van der Waals surface area contributed by atoms with Gasteiger partial charge in [0.2, 0.25) is 5.91 Å². The summed E-state index contributed by atoms with van der Waals surface area (Å²) in [6.07, 6.45) is 0.823. The molecule has 0 saturated carbocycles. The first-order chi connectivity index (χ1) is 10.6. The van der Waals surface area contributed by atoms with Gasteiger partial charge in [0.1, 0.15) is 5.82 Å². The summed E-state index contributed by atoms with van der Waals surface area (Å²) in [6, 6.07) is 11.5. The molecule has 6 heteroatoms. The van der Waals surface area contributed by atoms with Crippen LogP contribution in [0, 0.1) is 11.7 Å². The Morgan fingerprint density at radius 2 is 1.96 bits per heavy atom. The zero-order valence-corrected chi connectivity index (χ0v) is 13.9. The predicted molar refractivity (Wildman–Crippen MR) is 93.7 cm³/mol. The first-order valence-corrected chi connectivity index (χ1v) is 7.58. The van der Waals surface area contributed by atoms with Gasteiger partial charge < -0.3 is 10.6 Å². The molecule has 2 N–H and O–H groups in total. The van der Waals surface area contributed by atoms with Crippen molar-refractivity contribution in [2.45, 2.75) is 6.42 Å². The van der Waals surface area contributed by atoms with Crippen molar-refractivity contribution < 1.29 is 9.18 Å². The Morgan fingerprint density at radius 3 is 2.61 bits per heavy atom. The molecule has 3 nitrogen and oxygen atoms in total. The number of anilines is 1. The van der Waals surface area contributed by atoms with Gasteiger partial charge in [0, 0.05) is 22.8 Å². The molecule has 23 heavy (non-hydrogen) atoms. The van der Waals surface area contributed by atoms with Crippen LogP contribution in [0.25, 0.3) is 11.1 Å². The topological polar surface area (TPSA) is 41.1 Å². The predicted octanol–water partition coefficient (Wildman–Crippen LogP) is 4.12. The molecule has 3 rings (SSSR count). The van der Waals surface area contributed by atoms with Gasteiger partial charge in [-0.3, -0.25) is 4.79 Å². The molecule has 0 spiro atoms. The molecular formula is C17H17Cl2FN2O. The third kappa shape index (κ3) is 4.22. The van der Waals surface area contributed by atoms with E-state index in [0.29, 0.717) is 22.8 Å². The van der Waals surface area contributed by atoms with Crippen LogP contribution in [0.4, 0.5) is 10.1 Å². The van der Waals surface area contributed by atoms with Gasteiger partial charge in [-0.2, -0.15) is 0 Å². The molecule has 0 bridgehead atoms. The molecule has 1 aliphatic rings. The van der Waals surface area contributed by atoms with E-state index < -0.39 is 0 Å². The molecule has 0 aromatic heterocycles. The number of amides is 1. The number of halogens is 3. The zero-order chi connectivity index (χ0) is 15.5. The van der Waals surface area contributed by atoms with Crippen LogP contribution in [0.2, 0.25) is 5.02 Å². The maximum absolute atomic E-state index is 13.6. The van der Waals surface area contributed by atoms with Gasteiger partial charge in [-0.15, -0.1) is 12.4 Å². The SMILES string of the molecule is Cl.O=C(Nc1ccc(F)cc1-c1ccc(Cl)cc1)C1CCNC1. The molecule has 2 aromatic carbocycles. The average molecular weight is 355 g/mol. The number of carbonyl (C=O) groups is 1. The standard InChI is InChI=1S/C17H16ClFN2O.ClH/c18-13-3-1-11(2-4-13)15-9-14(19)5-6-16(15)21-17(22)12-7-8-20-10-12;/h1-6,9,12,20H,7-8,10H2,(H,21,22);1H. The summed E-state index contributed by atoms with van der Waals surface area (Å²) in [7, 11) is 0. The molecule has 1 atom stereocenters. The van der Waals surface area contributed by atoms with E-state index in [4.69, 9.17) is 11.6 Å². The van der Waals surface area contributed by atoms with Crippen molar-refractivity contribution >= 4 is 35.6 Å². The largest absolute Gasteiger partial charge is 0.325 e. The smallest absolute Gasteiger partial charge is 0.228 e. The molecule has 1 amide bonds. The highest BCUT2D eigenvalue weighted by molar-refractivity contribution is 6.30. The third-order valence-corrected chi connectivity index (χ3v) is 4.08. The Balaban J connectivity index is 0.00000192. The summed E-state index contributed by atoms with van der Waals surface area (Å²) in [4.78, 5) is 12.3. The van der Waals surface area contributed by atoms with Crippen molar-refractivity contribution in [2.24, 2.45) is 5.92 Å². The molecule has 122 valence electrons. The minimum absolute atomic E-state index is 0. The second kappa shape index (κ2) is 7.77. The minimum Gasteiger partial charge on any atom is -0.325 e. The van der Waals surface area contributed by atoms with Crippen molar-refractivity contribution in [2.75, 3.05) is 18.4 Å².